The number of carbonyl (C=O) groups excluding carboxylic acids is 3. The van der Waals surface area contributed by atoms with E-state index in [0.717, 1.165) is 22.9 Å². The molecule has 1 aliphatic heterocycles. The van der Waals surface area contributed by atoms with Gasteiger partial charge in [0.25, 0.3) is 5.91 Å². The third-order valence-electron chi connectivity index (χ3n) is 6.89. The number of benzene rings is 2. The number of H-pyrrole nitrogens is 1. The quantitative estimate of drug-likeness (QED) is 0.302. The average Bonchev–Trinajstić information content (AvgIpc) is 3.45. The third kappa shape index (κ3) is 5.84. The minimum Gasteiger partial charge on any atom is -0.496 e. The van der Waals surface area contributed by atoms with Crippen LogP contribution in [0.1, 0.15) is 47.1 Å². The molecule has 2 heterocycles. The molecule has 40 heavy (non-hydrogen) atoms. The molecule has 11 heteroatoms. The van der Waals surface area contributed by atoms with Crippen LogP contribution in [0.3, 0.4) is 0 Å². The van der Waals surface area contributed by atoms with E-state index in [1.165, 1.54) is 7.11 Å². The van der Waals surface area contributed by atoms with Crippen LogP contribution in [-0.2, 0) is 16.9 Å². The van der Waals surface area contributed by atoms with Gasteiger partial charge in [-0.25, -0.2) is 4.79 Å². The Kier molecular flexibility index (Phi) is 8.24. The number of urea groups is 1. The van der Waals surface area contributed by atoms with Gasteiger partial charge in [0.15, 0.2) is 5.82 Å². The molecule has 2 aromatic carbocycles. The summed E-state index contributed by atoms with van der Waals surface area (Å²) in [6, 6.07) is 14.1. The number of fused-ring (bicyclic) bond motifs is 1. The number of likely N-dealkylation sites (N-methyl/N-ethyl adjacent to an activating group) is 1. The van der Waals surface area contributed by atoms with Gasteiger partial charge in [0.2, 0.25) is 5.91 Å². The predicted molar refractivity (Wildman–Crippen MR) is 153 cm³/mol. The first kappa shape index (κ1) is 28.4. The number of aromatic amines is 1. The maximum atomic E-state index is 13.6. The van der Waals surface area contributed by atoms with Gasteiger partial charge in [-0.05, 0) is 51.7 Å². The fourth-order valence-electron chi connectivity index (χ4n) is 4.78. The molecule has 0 aliphatic carbocycles. The van der Waals surface area contributed by atoms with E-state index < -0.39 is 11.4 Å². The lowest BCUT2D eigenvalue weighted by molar-refractivity contribution is -0.111. The number of nitrogens with one attached hydrogen (secondary N) is 4. The van der Waals surface area contributed by atoms with E-state index in [2.05, 4.69) is 32.7 Å². The SMILES string of the molecule is C=CC(=O)Nc1ccc(C(=O)Nc2n[nH]c3c2CN(C(=O)NC(CN(C)C)c2ccccc2)C3(C)C)c(OC)c1. The van der Waals surface area contributed by atoms with Crippen molar-refractivity contribution >= 4 is 29.4 Å². The van der Waals surface area contributed by atoms with E-state index in [9.17, 15) is 14.4 Å². The minimum atomic E-state index is -0.697. The Morgan fingerprint density at radius 1 is 1.18 bits per heavy atom. The van der Waals surface area contributed by atoms with Crippen molar-refractivity contribution in [1.82, 2.24) is 25.3 Å². The minimum absolute atomic E-state index is 0.206. The molecule has 4 amide bonds. The number of hydrogen-bond donors (Lipinski definition) is 4. The highest BCUT2D eigenvalue weighted by atomic mass is 16.5. The predicted octanol–water partition coefficient (Wildman–Crippen LogP) is 3.86. The lowest BCUT2D eigenvalue weighted by Crippen LogP contribution is -2.48. The first-order valence-electron chi connectivity index (χ1n) is 12.8. The van der Waals surface area contributed by atoms with Gasteiger partial charge in [0.05, 0.1) is 36.5 Å². The molecule has 0 saturated carbocycles. The summed E-state index contributed by atoms with van der Waals surface area (Å²) in [7, 11) is 5.37. The number of aromatic nitrogens is 2. The molecule has 4 rings (SSSR count). The Bertz CT molecular complexity index is 1410. The second-order valence-corrected chi connectivity index (χ2v) is 10.3. The Hall–Kier alpha value is -4.64. The highest BCUT2D eigenvalue weighted by molar-refractivity contribution is 6.07. The fraction of sp³-hybridized carbons (Fsp3) is 0.310. The van der Waals surface area contributed by atoms with E-state index in [4.69, 9.17) is 4.74 Å². The van der Waals surface area contributed by atoms with Crippen LogP contribution in [-0.4, -0.2) is 65.6 Å². The molecule has 1 aliphatic rings. The summed E-state index contributed by atoms with van der Waals surface area (Å²) >= 11 is 0. The first-order valence-corrected chi connectivity index (χ1v) is 12.8. The second kappa shape index (κ2) is 11.6. The number of carbonyl (C=O) groups is 3. The van der Waals surface area contributed by atoms with Gasteiger partial charge in [0.1, 0.15) is 5.75 Å². The highest BCUT2D eigenvalue weighted by Crippen LogP contribution is 2.41. The first-order chi connectivity index (χ1) is 19.0. The standard InChI is InChI=1S/C29H35N7O4/c1-7-24(37)30-19-13-14-20(23(15-19)40-6)27(38)32-26-21-16-36(29(2,3)25(21)33-34-26)28(39)31-22(17-35(4)5)18-11-9-8-10-12-18/h7-15,22H,1,16-17H2,2-6H3,(H,30,37)(H,31,39)(H2,32,33,34,38). The molecule has 0 bridgehead atoms. The molecular weight excluding hydrogens is 510 g/mol. The van der Waals surface area contributed by atoms with Gasteiger partial charge in [-0.15, -0.1) is 0 Å². The molecule has 0 radical (unpaired) electrons. The average molecular weight is 546 g/mol. The van der Waals surface area contributed by atoms with E-state index in [-0.39, 0.29) is 35.8 Å². The van der Waals surface area contributed by atoms with E-state index in [1.54, 1.807) is 23.1 Å². The monoisotopic (exact) mass is 545 g/mol. The summed E-state index contributed by atoms with van der Waals surface area (Å²) in [4.78, 5) is 42.2. The number of nitrogens with zero attached hydrogens (tertiary/aromatic N) is 3. The van der Waals surface area contributed by atoms with Crippen molar-refractivity contribution in [1.29, 1.82) is 0 Å². The lowest BCUT2D eigenvalue weighted by Gasteiger charge is -2.34. The normalized spacial score (nSPS) is 14.3. The largest absolute Gasteiger partial charge is 0.496 e. The Morgan fingerprint density at radius 3 is 2.55 bits per heavy atom. The summed E-state index contributed by atoms with van der Waals surface area (Å²) in [5, 5.41) is 16.0. The van der Waals surface area contributed by atoms with Crippen molar-refractivity contribution in [3.05, 3.63) is 83.6 Å². The maximum Gasteiger partial charge on any atom is 0.319 e. The van der Waals surface area contributed by atoms with Crippen LogP contribution in [0, 0.1) is 0 Å². The number of anilines is 2. The molecule has 0 spiro atoms. The van der Waals surface area contributed by atoms with Crippen molar-refractivity contribution in [2.45, 2.75) is 32.0 Å². The van der Waals surface area contributed by atoms with Gasteiger partial charge in [-0.1, -0.05) is 36.9 Å². The van der Waals surface area contributed by atoms with Gasteiger partial charge < -0.3 is 30.5 Å². The van der Waals surface area contributed by atoms with Crippen LogP contribution in [0.5, 0.6) is 5.75 Å². The molecule has 0 saturated heterocycles. The number of amides is 4. The van der Waals surface area contributed by atoms with Crippen molar-refractivity contribution in [2.24, 2.45) is 0 Å². The smallest absolute Gasteiger partial charge is 0.319 e. The molecule has 4 N–H and O–H groups in total. The van der Waals surface area contributed by atoms with Gasteiger partial charge in [-0.2, -0.15) is 5.10 Å². The van der Waals surface area contributed by atoms with Crippen LogP contribution < -0.4 is 20.7 Å². The van der Waals surface area contributed by atoms with Crippen molar-refractivity contribution in [3.63, 3.8) is 0 Å². The zero-order chi connectivity index (χ0) is 29.0. The van der Waals surface area contributed by atoms with Crippen molar-refractivity contribution < 1.29 is 19.1 Å². The van der Waals surface area contributed by atoms with Gasteiger partial charge in [-0.3, -0.25) is 14.7 Å². The molecular formula is C29H35N7O4. The van der Waals surface area contributed by atoms with E-state index in [1.807, 2.05) is 63.2 Å². The van der Waals surface area contributed by atoms with E-state index in [0.29, 0.717) is 18.1 Å². The molecule has 210 valence electrons. The van der Waals surface area contributed by atoms with Crippen molar-refractivity contribution in [2.75, 3.05) is 38.4 Å². The molecule has 0 fully saturated rings. The molecule has 1 unspecified atom stereocenters. The summed E-state index contributed by atoms with van der Waals surface area (Å²) in [6.07, 6.45) is 1.15. The molecule has 11 nitrogen and oxygen atoms in total. The summed E-state index contributed by atoms with van der Waals surface area (Å²) in [6.45, 7) is 8.20. The summed E-state index contributed by atoms with van der Waals surface area (Å²) in [5.41, 5.74) is 2.51. The topological polar surface area (TPSA) is 132 Å². The number of rotatable bonds is 9. The van der Waals surface area contributed by atoms with Crippen molar-refractivity contribution in [3.8, 4) is 5.75 Å². The van der Waals surface area contributed by atoms with Crippen LogP contribution in [0.4, 0.5) is 16.3 Å². The maximum absolute atomic E-state index is 13.6. The van der Waals surface area contributed by atoms with Crippen LogP contribution in [0.2, 0.25) is 0 Å². The lowest BCUT2D eigenvalue weighted by atomic mass is 10.0. The van der Waals surface area contributed by atoms with Crippen LogP contribution >= 0.6 is 0 Å². The third-order valence-corrected chi connectivity index (χ3v) is 6.89. The Balaban J connectivity index is 1.52. The van der Waals surface area contributed by atoms with Crippen LogP contribution in [0.25, 0.3) is 0 Å². The summed E-state index contributed by atoms with van der Waals surface area (Å²) < 4.78 is 5.39. The van der Waals surface area contributed by atoms with E-state index >= 15 is 0 Å². The second-order valence-electron chi connectivity index (χ2n) is 10.3. The van der Waals surface area contributed by atoms with Gasteiger partial charge >= 0.3 is 6.03 Å². The number of hydrogen-bond acceptors (Lipinski definition) is 6. The zero-order valence-electron chi connectivity index (χ0n) is 23.4. The van der Waals surface area contributed by atoms with Crippen LogP contribution in [0.15, 0.2) is 61.2 Å². The zero-order valence-corrected chi connectivity index (χ0v) is 23.4. The molecule has 3 aromatic rings. The fourth-order valence-corrected chi connectivity index (χ4v) is 4.78. The number of methoxy groups -OCH3 is 1. The number of ether oxygens (including phenoxy) is 1. The Morgan fingerprint density at radius 2 is 1.90 bits per heavy atom. The van der Waals surface area contributed by atoms with Gasteiger partial charge in [0, 0.05) is 23.9 Å². The molecule has 1 atom stereocenters. The highest BCUT2D eigenvalue weighted by Gasteiger charge is 2.44. The Labute approximate surface area is 233 Å². The summed E-state index contributed by atoms with van der Waals surface area (Å²) in [5.74, 6) is -0.203. The molecule has 1 aromatic heterocycles.